The molecule has 3 heterocycles. The van der Waals surface area contributed by atoms with Crippen LogP contribution in [-0.2, 0) is 29.2 Å². The largest absolute Gasteiger partial charge is 0.487 e. The lowest BCUT2D eigenvalue weighted by atomic mass is 9.87. The average molecular weight is 568 g/mol. The molecular formula is C31H32F3N3O4. The standard InChI is InChI=1S/C31H32F3N3O4/c1-18-10-23-22-6-4-5-7-26(22)36-29(23)30(37(18)17-31(2,3)34)28-24(32)12-21(13-25(28)33)41-15-20-11-19(8-9-35-20)14-40-16-27(38)39/h4-9,11-13,18,30,36H,10,14-17H2,1-3H3,(H,38,39)/t18-,30-/m1/s1. The van der Waals surface area contributed by atoms with E-state index in [-0.39, 0.29) is 37.1 Å². The van der Waals surface area contributed by atoms with Crippen LogP contribution in [0.4, 0.5) is 13.2 Å². The molecule has 0 bridgehead atoms. The molecule has 1 aliphatic rings. The van der Waals surface area contributed by atoms with Crippen LogP contribution in [0.25, 0.3) is 10.9 Å². The van der Waals surface area contributed by atoms with Crippen molar-refractivity contribution in [3.63, 3.8) is 0 Å². The summed E-state index contributed by atoms with van der Waals surface area (Å²) >= 11 is 0. The summed E-state index contributed by atoms with van der Waals surface area (Å²) < 4.78 is 57.4. The van der Waals surface area contributed by atoms with Gasteiger partial charge in [0.25, 0.3) is 0 Å². The molecule has 2 N–H and O–H groups in total. The van der Waals surface area contributed by atoms with Crippen molar-refractivity contribution >= 4 is 16.9 Å². The molecule has 0 saturated heterocycles. The lowest BCUT2D eigenvalue weighted by molar-refractivity contribution is -0.142. The van der Waals surface area contributed by atoms with E-state index in [1.54, 1.807) is 12.1 Å². The molecule has 4 aromatic rings. The van der Waals surface area contributed by atoms with Gasteiger partial charge in [0.2, 0.25) is 0 Å². The summed E-state index contributed by atoms with van der Waals surface area (Å²) in [5, 5.41) is 9.71. The Labute approximate surface area is 235 Å². The second-order valence-corrected chi connectivity index (χ2v) is 11.0. The Bertz CT molecular complexity index is 1540. The van der Waals surface area contributed by atoms with Gasteiger partial charge in [0.1, 0.15) is 36.3 Å². The van der Waals surface area contributed by atoms with E-state index in [9.17, 15) is 9.18 Å². The number of benzene rings is 2. The SMILES string of the molecule is C[C@@H]1Cc2c([nH]c3ccccc23)[C@@H](c2c(F)cc(OCc3cc(COCC(=O)O)ccn3)cc2F)N1CC(C)(C)F. The molecule has 0 fully saturated rings. The first-order chi connectivity index (χ1) is 19.5. The number of H-pyrrole nitrogens is 1. The van der Waals surface area contributed by atoms with Gasteiger partial charge in [0.05, 0.1) is 18.3 Å². The summed E-state index contributed by atoms with van der Waals surface area (Å²) in [5.41, 5.74) is 1.90. The summed E-state index contributed by atoms with van der Waals surface area (Å²) in [5.74, 6) is -2.69. The lowest BCUT2D eigenvalue weighted by Crippen LogP contribution is -2.48. The summed E-state index contributed by atoms with van der Waals surface area (Å²) in [6.45, 7) is 4.43. The van der Waals surface area contributed by atoms with Crippen LogP contribution in [0.15, 0.2) is 54.7 Å². The van der Waals surface area contributed by atoms with E-state index < -0.39 is 35.9 Å². The molecule has 216 valence electrons. The smallest absolute Gasteiger partial charge is 0.329 e. The van der Waals surface area contributed by atoms with Gasteiger partial charge in [-0.1, -0.05) is 18.2 Å². The number of para-hydroxylation sites is 1. The molecule has 41 heavy (non-hydrogen) atoms. The van der Waals surface area contributed by atoms with Crippen LogP contribution in [0.3, 0.4) is 0 Å². The number of pyridine rings is 1. The Morgan fingerprint density at radius 2 is 1.88 bits per heavy atom. The number of nitrogens with one attached hydrogen (secondary N) is 1. The van der Waals surface area contributed by atoms with E-state index in [4.69, 9.17) is 14.6 Å². The maximum atomic E-state index is 15.8. The number of hydrogen-bond acceptors (Lipinski definition) is 5. The molecule has 0 amide bonds. The molecular weight excluding hydrogens is 535 g/mol. The molecule has 2 aromatic carbocycles. The maximum Gasteiger partial charge on any atom is 0.329 e. The number of halogens is 3. The van der Waals surface area contributed by atoms with Gasteiger partial charge < -0.3 is 19.6 Å². The van der Waals surface area contributed by atoms with Gasteiger partial charge in [0.15, 0.2) is 0 Å². The third kappa shape index (κ3) is 6.39. The van der Waals surface area contributed by atoms with Crippen LogP contribution in [0.2, 0.25) is 0 Å². The zero-order valence-corrected chi connectivity index (χ0v) is 23.1. The van der Waals surface area contributed by atoms with Crippen molar-refractivity contribution in [2.24, 2.45) is 0 Å². The van der Waals surface area contributed by atoms with Gasteiger partial charge in [-0.3, -0.25) is 9.88 Å². The van der Waals surface area contributed by atoms with E-state index in [0.29, 0.717) is 23.4 Å². The minimum absolute atomic E-state index is 0.0110. The number of nitrogens with zero attached hydrogens (tertiary/aromatic N) is 2. The van der Waals surface area contributed by atoms with Gasteiger partial charge in [-0.2, -0.15) is 0 Å². The lowest BCUT2D eigenvalue weighted by Gasteiger charge is -2.43. The van der Waals surface area contributed by atoms with Crippen molar-refractivity contribution in [1.82, 2.24) is 14.9 Å². The number of carbonyl (C=O) groups is 1. The Morgan fingerprint density at radius 3 is 2.59 bits per heavy atom. The molecule has 5 rings (SSSR count). The number of aromatic amines is 1. The minimum atomic E-state index is -1.59. The fourth-order valence-electron chi connectivity index (χ4n) is 5.51. The molecule has 0 unspecified atom stereocenters. The zero-order chi connectivity index (χ0) is 29.3. The van der Waals surface area contributed by atoms with Crippen LogP contribution >= 0.6 is 0 Å². The van der Waals surface area contributed by atoms with Gasteiger partial charge in [0, 0.05) is 53.1 Å². The summed E-state index contributed by atoms with van der Waals surface area (Å²) in [6, 6.07) is 12.3. The number of aliphatic carboxylic acids is 1. The third-order valence-corrected chi connectivity index (χ3v) is 7.16. The molecule has 1 aliphatic heterocycles. The van der Waals surface area contributed by atoms with Crippen LogP contribution in [0.1, 0.15) is 54.9 Å². The number of hydrogen-bond donors (Lipinski definition) is 2. The van der Waals surface area contributed by atoms with Gasteiger partial charge in [-0.25, -0.2) is 18.0 Å². The predicted molar refractivity (Wildman–Crippen MR) is 147 cm³/mol. The molecule has 0 radical (unpaired) electrons. The Kier molecular flexibility index (Phi) is 8.06. The van der Waals surface area contributed by atoms with Crippen molar-refractivity contribution in [2.75, 3.05) is 13.2 Å². The second-order valence-electron chi connectivity index (χ2n) is 11.0. The van der Waals surface area contributed by atoms with Crippen molar-refractivity contribution in [3.05, 3.63) is 94.4 Å². The van der Waals surface area contributed by atoms with Gasteiger partial charge >= 0.3 is 5.97 Å². The van der Waals surface area contributed by atoms with E-state index in [1.807, 2.05) is 36.1 Å². The first-order valence-electron chi connectivity index (χ1n) is 13.4. The Hall–Kier alpha value is -3.89. The number of alkyl halides is 1. The summed E-state index contributed by atoms with van der Waals surface area (Å²) in [4.78, 5) is 20.0. The van der Waals surface area contributed by atoms with Crippen LogP contribution < -0.4 is 4.74 Å². The number of fused-ring (bicyclic) bond motifs is 3. The highest BCUT2D eigenvalue weighted by molar-refractivity contribution is 5.85. The van der Waals surface area contributed by atoms with E-state index in [0.717, 1.165) is 28.6 Å². The van der Waals surface area contributed by atoms with Crippen molar-refractivity contribution in [1.29, 1.82) is 0 Å². The number of rotatable bonds is 10. The normalized spacial score (nSPS) is 17.5. The molecule has 2 aromatic heterocycles. The molecule has 2 atom stereocenters. The zero-order valence-electron chi connectivity index (χ0n) is 23.1. The predicted octanol–water partition coefficient (Wildman–Crippen LogP) is 6.11. The van der Waals surface area contributed by atoms with Crippen LogP contribution in [-0.4, -0.2) is 50.8 Å². The Morgan fingerprint density at radius 1 is 1.15 bits per heavy atom. The molecule has 0 saturated carbocycles. The average Bonchev–Trinajstić information content (AvgIpc) is 3.26. The molecule has 0 spiro atoms. The van der Waals surface area contributed by atoms with Crippen LogP contribution in [0.5, 0.6) is 5.75 Å². The number of ether oxygens (including phenoxy) is 2. The fraction of sp³-hybridized carbons (Fsp3) is 0.355. The topological polar surface area (TPSA) is 87.7 Å². The quantitative estimate of drug-likeness (QED) is 0.241. The van der Waals surface area contributed by atoms with E-state index >= 15 is 8.78 Å². The van der Waals surface area contributed by atoms with E-state index in [1.165, 1.54) is 20.0 Å². The molecule has 0 aliphatic carbocycles. The first-order valence-corrected chi connectivity index (χ1v) is 13.4. The maximum absolute atomic E-state index is 15.8. The minimum Gasteiger partial charge on any atom is -0.487 e. The van der Waals surface area contributed by atoms with Crippen molar-refractivity contribution < 1.29 is 32.5 Å². The van der Waals surface area contributed by atoms with Gasteiger partial charge in [-0.15, -0.1) is 0 Å². The first kappa shape index (κ1) is 28.6. The van der Waals surface area contributed by atoms with E-state index in [2.05, 4.69) is 9.97 Å². The van der Waals surface area contributed by atoms with Crippen molar-refractivity contribution in [3.8, 4) is 5.75 Å². The highest BCUT2D eigenvalue weighted by atomic mass is 19.1. The number of aromatic nitrogens is 2. The van der Waals surface area contributed by atoms with Crippen LogP contribution in [0, 0.1) is 11.6 Å². The number of carboxylic acid groups (broad SMARTS) is 1. The third-order valence-electron chi connectivity index (χ3n) is 7.16. The second kappa shape index (κ2) is 11.5. The highest BCUT2D eigenvalue weighted by Crippen LogP contribution is 2.43. The highest BCUT2D eigenvalue weighted by Gasteiger charge is 2.41. The molecule has 7 nitrogen and oxygen atoms in total. The molecule has 10 heteroatoms. The Balaban J connectivity index is 1.44. The summed E-state index contributed by atoms with van der Waals surface area (Å²) in [6.07, 6.45) is 2.13. The monoisotopic (exact) mass is 567 g/mol. The number of carboxylic acids is 1. The van der Waals surface area contributed by atoms with Crippen molar-refractivity contribution in [2.45, 2.75) is 58.2 Å². The van der Waals surface area contributed by atoms with Gasteiger partial charge in [-0.05, 0) is 56.5 Å². The fourth-order valence-corrected chi connectivity index (χ4v) is 5.51. The summed E-state index contributed by atoms with van der Waals surface area (Å²) in [7, 11) is 0.